The van der Waals surface area contributed by atoms with E-state index in [1.807, 2.05) is 19.2 Å². The topological polar surface area (TPSA) is 34.1 Å². The highest BCUT2D eigenvalue weighted by atomic mass is 32.1. The quantitative estimate of drug-likeness (QED) is 0.933. The molecule has 0 bridgehead atoms. The van der Waals surface area contributed by atoms with Gasteiger partial charge in [0, 0.05) is 16.5 Å². The molecule has 1 N–H and O–H groups in total. The van der Waals surface area contributed by atoms with Gasteiger partial charge in [-0.2, -0.15) is 0 Å². The van der Waals surface area contributed by atoms with Gasteiger partial charge in [-0.25, -0.2) is 4.98 Å². The van der Waals surface area contributed by atoms with Gasteiger partial charge in [-0.05, 0) is 27.0 Å². The minimum absolute atomic E-state index is 0.290. The smallest absolute Gasteiger partial charge is 0.123 e. The number of aryl methyl sites for hydroxylation is 1. The van der Waals surface area contributed by atoms with Crippen LogP contribution in [0.1, 0.15) is 40.0 Å². The number of para-hydroxylation sites is 1. The first-order valence-electron chi connectivity index (χ1n) is 6.57. The second kappa shape index (κ2) is 4.94. The van der Waals surface area contributed by atoms with Gasteiger partial charge >= 0.3 is 0 Å². The summed E-state index contributed by atoms with van der Waals surface area (Å²) in [5.41, 5.74) is 2.39. The summed E-state index contributed by atoms with van der Waals surface area (Å²) in [6.07, 6.45) is 0. The number of rotatable bonds is 3. The zero-order chi connectivity index (χ0) is 13.4. The highest BCUT2D eigenvalue weighted by molar-refractivity contribution is 7.12. The van der Waals surface area contributed by atoms with Gasteiger partial charge in [0.2, 0.25) is 0 Å². The van der Waals surface area contributed by atoms with E-state index in [0.717, 1.165) is 11.4 Å². The van der Waals surface area contributed by atoms with Crippen molar-refractivity contribution in [3.63, 3.8) is 0 Å². The largest absolute Gasteiger partial charge is 0.492 e. The van der Waals surface area contributed by atoms with Gasteiger partial charge in [-0.1, -0.05) is 18.2 Å². The fourth-order valence-corrected chi connectivity index (χ4v) is 3.71. The first-order valence-corrected chi connectivity index (χ1v) is 7.38. The molecule has 0 fully saturated rings. The molecule has 100 valence electrons. The lowest BCUT2D eigenvalue weighted by Gasteiger charge is -2.07. The first-order chi connectivity index (χ1) is 9.20. The minimum Gasteiger partial charge on any atom is -0.492 e. The molecule has 1 aliphatic rings. The zero-order valence-electron chi connectivity index (χ0n) is 11.4. The third-order valence-electron chi connectivity index (χ3n) is 3.67. The second-order valence-electron chi connectivity index (χ2n) is 4.91. The summed E-state index contributed by atoms with van der Waals surface area (Å²) in [6.45, 7) is 4.97. The molecule has 2 aromatic rings. The Hall–Kier alpha value is -1.39. The van der Waals surface area contributed by atoms with E-state index in [9.17, 15) is 0 Å². The molecule has 0 amide bonds. The molecule has 1 aromatic carbocycles. The minimum atomic E-state index is 0.290. The highest BCUT2D eigenvalue weighted by Gasteiger charge is 2.28. The van der Waals surface area contributed by atoms with E-state index in [2.05, 4.69) is 31.3 Å². The summed E-state index contributed by atoms with van der Waals surface area (Å²) in [5.74, 6) is 1.29. The lowest BCUT2D eigenvalue weighted by molar-refractivity contribution is 0.343. The summed E-state index contributed by atoms with van der Waals surface area (Å²) < 4.78 is 5.75. The number of nitrogens with zero attached hydrogens (tertiary/aromatic N) is 1. The predicted molar refractivity (Wildman–Crippen MR) is 78.1 cm³/mol. The van der Waals surface area contributed by atoms with Gasteiger partial charge in [0.05, 0.1) is 11.6 Å². The SMILES string of the molecule is CNC(C)c1sc(C2COc3ccccc32)nc1C. The van der Waals surface area contributed by atoms with Crippen molar-refractivity contribution in [1.82, 2.24) is 10.3 Å². The fourth-order valence-electron chi connectivity index (χ4n) is 2.48. The molecule has 2 unspecified atom stereocenters. The average Bonchev–Trinajstić information content (AvgIpc) is 3.01. The van der Waals surface area contributed by atoms with E-state index >= 15 is 0 Å². The Bertz CT molecular complexity index is 594. The molecule has 1 aromatic heterocycles. The molecule has 2 atom stereocenters. The standard InChI is InChI=1S/C15H18N2OS/c1-9(16-3)14-10(2)17-15(19-14)12-8-18-13-7-5-4-6-11(12)13/h4-7,9,12,16H,8H2,1-3H3. The van der Waals surface area contributed by atoms with Crippen LogP contribution in [0.5, 0.6) is 5.75 Å². The van der Waals surface area contributed by atoms with Crippen LogP contribution in [-0.4, -0.2) is 18.6 Å². The van der Waals surface area contributed by atoms with Crippen LogP contribution in [0.3, 0.4) is 0 Å². The van der Waals surface area contributed by atoms with Gasteiger partial charge in [0.25, 0.3) is 0 Å². The van der Waals surface area contributed by atoms with Crippen molar-refractivity contribution in [2.24, 2.45) is 0 Å². The van der Waals surface area contributed by atoms with E-state index in [0.29, 0.717) is 12.6 Å². The summed E-state index contributed by atoms with van der Waals surface area (Å²) in [7, 11) is 1.98. The van der Waals surface area contributed by atoms with Crippen LogP contribution in [0.4, 0.5) is 0 Å². The zero-order valence-corrected chi connectivity index (χ0v) is 12.3. The fraction of sp³-hybridized carbons (Fsp3) is 0.400. The van der Waals surface area contributed by atoms with Crippen molar-refractivity contribution < 1.29 is 4.74 Å². The molecule has 2 heterocycles. The van der Waals surface area contributed by atoms with Crippen molar-refractivity contribution in [2.75, 3.05) is 13.7 Å². The Kier molecular flexibility index (Phi) is 3.29. The number of hydrogen-bond acceptors (Lipinski definition) is 4. The Morgan fingerprint density at radius 1 is 1.42 bits per heavy atom. The van der Waals surface area contributed by atoms with Gasteiger partial charge < -0.3 is 10.1 Å². The van der Waals surface area contributed by atoms with E-state index < -0.39 is 0 Å². The molecule has 0 aliphatic carbocycles. The van der Waals surface area contributed by atoms with E-state index in [4.69, 9.17) is 9.72 Å². The molecule has 4 heteroatoms. The van der Waals surface area contributed by atoms with Crippen molar-refractivity contribution in [3.05, 3.63) is 45.4 Å². The summed E-state index contributed by atoms with van der Waals surface area (Å²) in [6, 6.07) is 8.61. The molecule has 0 spiro atoms. The Morgan fingerprint density at radius 3 is 3.00 bits per heavy atom. The molecule has 19 heavy (non-hydrogen) atoms. The Labute approximate surface area is 117 Å². The number of aromatic nitrogens is 1. The van der Waals surface area contributed by atoms with E-state index in [1.54, 1.807) is 11.3 Å². The molecule has 3 rings (SSSR count). The highest BCUT2D eigenvalue weighted by Crippen LogP contribution is 2.40. The maximum atomic E-state index is 5.75. The van der Waals surface area contributed by atoms with Crippen LogP contribution in [0, 0.1) is 6.92 Å². The molecule has 3 nitrogen and oxygen atoms in total. The third-order valence-corrected chi connectivity index (χ3v) is 5.13. The maximum absolute atomic E-state index is 5.75. The van der Waals surface area contributed by atoms with Crippen LogP contribution < -0.4 is 10.1 Å². The van der Waals surface area contributed by atoms with Crippen molar-refractivity contribution in [3.8, 4) is 5.75 Å². The van der Waals surface area contributed by atoms with Gasteiger partial charge in [0.15, 0.2) is 0 Å². The van der Waals surface area contributed by atoms with Crippen LogP contribution in [0.15, 0.2) is 24.3 Å². The summed E-state index contributed by atoms with van der Waals surface area (Å²) >= 11 is 1.80. The average molecular weight is 274 g/mol. The summed E-state index contributed by atoms with van der Waals surface area (Å²) in [4.78, 5) is 6.08. The van der Waals surface area contributed by atoms with Crippen LogP contribution in [-0.2, 0) is 0 Å². The van der Waals surface area contributed by atoms with E-state index in [-0.39, 0.29) is 5.92 Å². The molecule has 0 saturated heterocycles. The van der Waals surface area contributed by atoms with Crippen molar-refractivity contribution in [2.45, 2.75) is 25.8 Å². The lowest BCUT2D eigenvalue weighted by Crippen LogP contribution is -2.11. The van der Waals surface area contributed by atoms with Crippen LogP contribution in [0.2, 0.25) is 0 Å². The Balaban J connectivity index is 1.96. The number of benzene rings is 1. The maximum Gasteiger partial charge on any atom is 0.123 e. The number of hydrogen-bond donors (Lipinski definition) is 1. The number of nitrogens with one attached hydrogen (secondary N) is 1. The second-order valence-corrected chi connectivity index (χ2v) is 5.98. The Morgan fingerprint density at radius 2 is 2.21 bits per heavy atom. The number of thiazole rings is 1. The van der Waals surface area contributed by atoms with Crippen molar-refractivity contribution >= 4 is 11.3 Å². The van der Waals surface area contributed by atoms with Gasteiger partial charge in [-0.3, -0.25) is 0 Å². The van der Waals surface area contributed by atoms with Crippen LogP contribution in [0.25, 0.3) is 0 Å². The van der Waals surface area contributed by atoms with Gasteiger partial charge in [-0.15, -0.1) is 11.3 Å². The lowest BCUT2D eigenvalue weighted by atomic mass is 10.0. The molecule has 1 aliphatic heterocycles. The van der Waals surface area contributed by atoms with Crippen molar-refractivity contribution in [1.29, 1.82) is 0 Å². The van der Waals surface area contributed by atoms with E-state index in [1.165, 1.54) is 15.4 Å². The monoisotopic (exact) mass is 274 g/mol. The normalized spacial score (nSPS) is 19.0. The number of ether oxygens (including phenoxy) is 1. The molecular formula is C15H18N2OS. The first kappa shape index (κ1) is 12.6. The third kappa shape index (κ3) is 2.15. The molecule has 0 saturated carbocycles. The molecule has 0 radical (unpaired) electrons. The van der Waals surface area contributed by atoms with Gasteiger partial charge in [0.1, 0.15) is 17.4 Å². The molecular weight excluding hydrogens is 256 g/mol. The number of fused-ring (bicyclic) bond motifs is 1. The van der Waals surface area contributed by atoms with Crippen LogP contribution >= 0.6 is 11.3 Å². The summed E-state index contributed by atoms with van der Waals surface area (Å²) in [5, 5.41) is 4.45. The predicted octanol–water partition coefficient (Wildman–Crippen LogP) is 3.26.